The van der Waals surface area contributed by atoms with E-state index in [2.05, 4.69) is 4.98 Å². The summed E-state index contributed by atoms with van der Waals surface area (Å²) in [4.78, 5) is 3.30. The fourth-order valence-electron chi connectivity index (χ4n) is 1.57. The molecule has 6 heteroatoms. The zero-order valence-electron chi connectivity index (χ0n) is 9.53. The molecular weight excluding hydrogens is 279 g/mol. The normalized spacial score (nSPS) is 13.3. The van der Waals surface area contributed by atoms with Gasteiger partial charge in [0.05, 0.1) is 0 Å². The molecule has 0 fully saturated rings. The number of aliphatic hydroxyl groups excluding tert-OH is 1. The van der Waals surface area contributed by atoms with Crippen LogP contribution in [0.5, 0.6) is 0 Å². The van der Waals surface area contributed by atoms with E-state index in [4.69, 9.17) is 11.6 Å². The van der Waals surface area contributed by atoms with Gasteiger partial charge < -0.3 is 5.11 Å². The van der Waals surface area contributed by atoms with E-state index < -0.39 is 18.0 Å². The van der Waals surface area contributed by atoms with E-state index in [9.17, 15) is 18.3 Å². The first-order valence-corrected chi connectivity index (χ1v) is 5.72. The summed E-state index contributed by atoms with van der Waals surface area (Å²) >= 11 is 5.71. The van der Waals surface area contributed by atoms with Gasteiger partial charge >= 0.3 is 6.18 Å². The third-order valence-corrected chi connectivity index (χ3v) is 2.83. The lowest BCUT2D eigenvalue weighted by Gasteiger charge is -2.12. The molecule has 1 unspecified atom stereocenters. The van der Waals surface area contributed by atoms with Crippen LogP contribution in [-0.4, -0.2) is 10.1 Å². The number of hydrogen-bond acceptors (Lipinski definition) is 2. The Morgan fingerprint density at radius 3 is 2.05 bits per heavy atom. The molecule has 0 saturated carbocycles. The van der Waals surface area contributed by atoms with Crippen LogP contribution in [0.2, 0.25) is 5.02 Å². The molecule has 1 aromatic carbocycles. The van der Waals surface area contributed by atoms with Gasteiger partial charge in [-0.05, 0) is 23.8 Å². The molecule has 0 radical (unpaired) electrons. The average molecular weight is 288 g/mol. The molecule has 2 rings (SSSR count). The van der Waals surface area contributed by atoms with Crippen LogP contribution in [0, 0.1) is 0 Å². The number of pyridine rings is 1. The topological polar surface area (TPSA) is 33.1 Å². The smallest absolute Gasteiger partial charge is 0.384 e. The average Bonchev–Trinajstić information content (AvgIpc) is 2.38. The number of benzene rings is 1. The summed E-state index contributed by atoms with van der Waals surface area (Å²) in [6.45, 7) is 0. The summed E-state index contributed by atoms with van der Waals surface area (Å²) < 4.78 is 37.0. The molecule has 2 aromatic rings. The van der Waals surface area contributed by atoms with Crippen LogP contribution >= 0.6 is 11.6 Å². The monoisotopic (exact) mass is 287 g/mol. The lowest BCUT2D eigenvalue weighted by Crippen LogP contribution is -2.09. The van der Waals surface area contributed by atoms with Crippen LogP contribution in [-0.2, 0) is 6.18 Å². The van der Waals surface area contributed by atoms with E-state index in [1.165, 1.54) is 6.07 Å². The van der Waals surface area contributed by atoms with Gasteiger partial charge in [-0.25, -0.2) is 0 Å². The highest BCUT2D eigenvalue weighted by Crippen LogP contribution is 2.29. The molecule has 100 valence electrons. The van der Waals surface area contributed by atoms with E-state index >= 15 is 0 Å². The number of halogens is 4. The second kappa shape index (κ2) is 5.19. The molecule has 1 N–H and O–H groups in total. The first-order chi connectivity index (χ1) is 8.88. The quantitative estimate of drug-likeness (QED) is 0.910. The van der Waals surface area contributed by atoms with Crippen LogP contribution in [0.1, 0.15) is 22.9 Å². The van der Waals surface area contributed by atoms with Crippen LogP contribution in [0.25, 0.3) is 0 Å². The highest BCUT2D eigenvalue weighted by atomic mass is 35.5. The Balaban J connectivity index is 2.25. The van der Waals surface area contributed by atoms with Gasteiger partial charge in [0.25, 0.3) is 0 Å². The summed E-state index contributed by atoms with van der Waals surface area (Å²) in [5.74, 6) is 0. The summed E-state index contributed by atoms with van der Waals surface area (Å²) in [6.07, 6.45) is -4.50. The number of hydrogen-bond donors (Lipinski definition) is 1. The van der Waals surface area contributed by atoms with Crippen molar-refractivity contribution in [3.8, 4) is 0 Å². The van der Waals surface area contributed by atoms with Gasteiger partial charge in [0.2, 0.25) is 0 Å². The lowest BCUT2D eigenvalue weighted by molar-refractivity contribution is -0.141. The van der Waals surface area contributed by atoms with Crippen molar-refractivity contribution >= 4 is 11.6 Å². The van der Waals surface area contributed by atoms with E-state index in [-0.39, 0.29) is 5.56 Å². The first-order valence-electron chi connectivity index (χ1n) is 5.34. The molecule has 19 heavy (non-hydrogen) atoms. The van der Waals surface area contributed by atoms with E-state index in [1.54, 1.807) is 24.3 Å². The van der Waals surface area contributed by atoms with Crippen molar-refractivity contribution in [2.24, 2.45) is 0 Å². The molecule has 0 aliphatic carbocycles. The molecule has 0 saturated heterocycles. The Kier molecular flexibility index (Phi) is 3.78. The standard InChI is InChI=1S/C13H9ClF3NO/c14-10-4-1-8(2-5-10)12(19)9-3-6-11(18-7-9)13(15,16)17/h1-7,12,19H. The minimum absolute atomic E-state index is 0.287. The highest BCUT2D eigenvalue weighted by Gasteiger charge is 2.32. The summed E-state index contributed by atoms with van der Waals surface area (Å²) in [5.41, 5.74) is -0.166. The van der Waals surface area contributed by atoms with E-state index in [0.29, 0.717) is 10.6 Å². The van der Waals surface area contributed by atoms with Gasteiger partial charge in [0.1, 0.15) is 11.8 Å². The number of alkyl halides is 3. The first kappa shape index (κ1) is 13.8. The Bertz CT molecular complexity index is 552. The Hall–Kier alpha value is -1.59. The molecule has 1 heterocycles. The highest BCUT2D eigenvalue weighted by molar-refractivity contribution is 6.30. The summed E-state index contributed by atoms with van der Waals surface area (Å²) in [5, 5.41) is 10.5. The van der Waals surface area contributed by atoms with Crippen LogP contribution in [0.15, 0.2) is 42.6 Å². The predicted octanol–water partition coefficient (Wildman–Crippen LogP) is 3.84. The lowest BCUT2D eigenvalue weighted by atomic mass is 10.0. The third kappa shape index (κ3) is 3.24. The molecule has 0 spiro atoms. The fraction of sp³-hybridized carbons (Fsp3) is 0.154. The van der Waals surface area contributed by atoms with Crippen molar-refractivity contribution < 1.29 is 18.3 Å². The van der Waals surface area contributed by atoms with Gasteiger partial charge in [-0.1, -0.05) is 29.8 Å². The second-order valence-corrected chi connectivity index (χ2v) is 4.37. The maximum Gasteiger partial charge on any atom is 0.433 e. The zero-order chi connectivity index (χ0) is 14.0. The molecule has 2 nitrogen and oxygen atoms in total. The van der Waals surface area contributed by atoms with Crippen molar-refractivity contribution in [2.75, 3.05) is 0 Å². The van der Waals surface area contributed by atoms with Crippen molar-refractivity contribution in [1.29, 1.82) is 0 Å². The number of aliphatic hydroxyl groups is 1. The third-order valence-electron chi connectivity index (χ3n) is 2.58. The maximum atomic E-state index is 12.3. The Morgan fingerprint density at radius 2 is 1.58 bits per heavy atom. The second-order valence-electron chi connectivity index (χ2n) is 3.93. The molecule has 1 atom stereocenters. The largest absolute Gasteiger partial charge is 0.433 e. The molecule has 1 aromatic heterocycles. The molecule has 0 aliphatic rings. The fourth-order valence-corrected chi connectivity index (χ4v) is 1.70. The van der Waals surface area contributed by atoms with E-state index in [1.807, 2.05) is 0 Å². The minimum atomic E-state index is -4.48. The van der Waals surface area contributed by atoms with Gasteiger partial charge in [-0.3, -0.25) is 4.98 Å². The van der Waals surface area contributed by atoms with Crippen LogP contribution < -0.4 is 0 Å². The molecule has 0 bridgehead atoms. The van der Waals surface area contributed by atoms with Crippen molar-refractivity contribution in [2.45, 2.75) is 12.3 Å². The summed E-state index contributed by atoms with van der Waals surface area (Å²) in [7, 11) is 0. The van der Waals surface area contributed by atoms with Crippen molar-refractivity contribution in [3.05, 3.63) is 64.4 Å². The Labute approximate surface area is 112 Å². The van der Waals surface area contributed by atoms with Gasteiger partial charge in [0.15, 0.2) is 0 Å². The molecule has 0 aliphatic heterocycles. The summed E-state index contributed by atoms with van der Waals surface area (Å²) in [6, 6.07) is 8.44. The number of nitrogens with zero attached hydrogens (tertiary/aromatic N) is 1. The van der Waals surface area contributed by atoms with Gasteiger partial charge in [0, 0.05) is 16.8 Å². The van der Waals surface area contributed by atoms with Crippen molar-refractivity contribution in [1.82, 2.24) is 4.98 Å². The number of rotatable bonds is 2. The predicted molar refractivity (Wildman–Crippen MR) is 64.8 cm³/mol. The molecular formula is C13H9ClF3NO. The van der Waals surface area contributed by atoms with E-state index in [0.717, 1.165) is 12.3 Å². The van der Waals surface area contributed by atoms with Crippen LogP contribution in [0.4, 0.5) is 13.2 Å². The van der Waals surface area contributed by atoms with Gasteiger partial charge in [-0.2, -0.15) is 13.2 Å². The Morgan fingerprint density at radius 1 is 1.00 bits per heavy atom. The molecule has 0 amide bonds. The van der Waals surface area contributed by atoms with Crippen molar-refractivity contribution in [3.63, 3.8) is 0 Å². The minimum Gasteiger partial charge on any atom is -0.384 e. The van der Waals surface area contributed by atoms with Gasteiger partial charge in [-0.15, -0.1) is 0 Å². The number of aromatic nitrogens is 1. The maximum absolute atomic E-state index is 12.3. The SMILES string of the molecule is OC(c1ccc(Cl)cc1)c1ccc(C(F)(F)F)nc1. The zero-order valence-corrected chi connectivity index (χ0v) is 10.3. The van der Waals surface area contributed by atoms with Crippen LogP contribution in [0.3, 0.4) is 0 Å².